The van der Waals surface area contributed by atoms with E-state index in [9.17, 15) is 9.59 Å². The molecular formula is C8H15N3O2. The van der Waals surface area contributed by atoms with Crippen molar-refractivity contribution in [2.75, 3.05) is 13.1 Å². The van der Waals surface area contributed by atoms with Crippen molar-refractivity contribution in [1.82, 2.24) is 10.6 Å². The van der Waals surface area contributed by atoms with Gasteiger partial charge in [0.05, 0.1) is 6.04 Å². The van der Waals surface area contributed by atoms with E-state index in [1.165, 1.54) is 6.92 Å². The highest BCUT2D eigenvalue weighted by Crippen LogP contribution is 2.13. The summed E-state index contributed by atoms with van der Waals surface area (Å²) >= 11 is 0. The lowest BCUT2D eigenvalue weighted by atomic mass is 10.0. The summed E-state index contributed by atoms with van der Waals surface area (Å²) in [6.07, 6.45) is 0.883. The Bertz CT molecular complexity index is 217. The highest BCUT2D eigenvalue weighted by atomic mass is 16.2. The van der Waals surface area contributed by atoms with E-state index in [0.29, 0.717) is 6.54 Å². The first kappa shape index (κ1) is 9.98. The van der Waals surface area contributed by atoms with Crippen LogP contribution in [-0.4, -0.2) is 30.9 Å². The molecule has 1 aliphatic rings. The Labute approximate surface area is 77.1 Å². The zero-order chi connectivity index (χ0) is 9.84. The van der Waals surface area contributed by atoms with Gasteiger partial charge in [0.15, 0.2) is 0 Å². The molecule has 13 heavy (non-hydrogen) atoms. The first-order valence-corrected chi connectivity index (χ1v) is 4.38. The number of hydrogen-bond acceptors (Lipinski definition) is 3. The number of carbonyl (C=O) groups excluding carboxylic acids is 2. The van der Waals surface area contributed by atoms with Gasteiger partial charge in [0.25, 0.3) is 0 Å². The van der Waals surface area contributed by atoms with Crippen molar-refractivity contribution in [2.45, 2.75) is 19.4 Å². The van der Waals surface area contributed by atoms with Gasteiger partial charge in [0.1, 0.15) is 0 Å². The largest absolute Gasteiger partial charge is 0.368 e. The van der Waals surface area contributed by atoms with E-state index >= 15 is 0 Å². The van der Waals surface area contributed by atoms with Crippen molar-refractivity contribution in [1.29, 1.82) is 0 Å². The van der Waals surface area contributed by atoms with Crippen molar-refractivity contribution in [3.05, 3.63) is 0 Å². The molecule has 0 aliphatic carbocycles. The molecule has 2 amide bonds. The fourth-order valence-electron chi connectivity index (χ4n) is 1.59. The molecule has 5 nitrogen and oxygen atoms in total. The molecule has 1 saturated heterocycles. The van der Waals surface area contributed by atoms with Gasteiger partial charge in [-0.2, -0.15) is 0 Å². The van der Waals surface area contributed by atoms with Gasteiger partial charge >= 0.3 is 0 Å². The number of nitrogens with two attached hydrogens (primary N) is 1. The summed E-state index contributed by atoms with van der Waals surface area (Å²) in [6.45, 7) is 2.77. The second kappa shape index (κ2) is 4.23. The van der Waals surface area contributed by atoms with Gasteiger partial charge in [0, 0.05) is 19.4 Å². The fourth-order valence-corrected chi connectivity index (χ4v) is 1.59. The van der Waals surface area contributed by atoms with Crippen molar-refractivity contribution in [3.8, 4) is 0 Å². The molecule has 1 aliphatic heterocycles. The van der Waals surface area contributed by atoms with Crippen LogP contribution in [0.15, 0.2) is 0 Å². The average Bonchev–Trinajstić information content (AvgIpc) is 2.47. The number of hydrogen-bond donors (Lipinski definition) is 3. The average molecular weight is 185 g/mol. The number of carbonyl (C=O) groups is 2. The predicted octanol–water partition coefficient (Wildman–Crippen LogP) is -1.41. The Morgan fingerprint density at radius 1 is 1.62 bits per heavy atom. The van der Waals surface area contributed by atoms with E-state index < -0.39 is 0 Å². The van der Waals surface area contributed by atoms with E-state index in [1.54, 1.807) is 0 Å². The summed E-state index contributed by atoms with van der Waals surface area (Å²) in [7, 11) is 0. The third-order valence-corrected chi connectivity index (χ3v) is 2.27. The van der Waals surface area contributed by atoms with Crippen molar-refractivity contribution in [3.63, 3.8) is 0 Å². The molecule has 0 saturated carbocycles. The summed E-state index contributed by atoms with van der Waals surface area (Å²) in [6, 6.07) is -0.285. The fraction of sp³-hybridized carbons (Fsp3) is 0.750. The first-order valence-electron chi connectivity index (χ1n) is 4.38. The highest BCUT2D eigenvalue weighted by Gasteiger charge is 2.30. The Morgan fingerprint density at radius 2 is 2.31 bits per heavy atom. The minimum Gasteiger partial charge on any atom is -0.368 e. The normalized spacial score (nSPS) is 27.2. The number of primary amides is 1. The lowest BCUT2D eigenvalue weighted by Crippen LogP contribution is -2.44. The molecule has 0 aromatic carbocycles. The van der Waals surface area contributed by atoms with Gasteiger partial charge in [-0.1, -0.05) is 0 Å². The Morgan fingerprint density at radius 3 is 2.85 bits per heavy atom. The Hall–Kier alpha value is -1.10. The van der Waals surface area contributed by atoms with Crippen LogP contribution in [0, 0.1) is 5.92 Å². The highest BCUT2D eigenvalue weighted by molar-refractivity contribution is 5.80. The molecule has 1 fully saturated rings. The molecule has 0 aromatic rings. The van der Waals surface area contributed by atoms with Crippen molar-refractivity contribution >= 4 is 11.8 Å². The van der Waals surface area contributed by atoms with E-state index in [4.69, 9.17) is 5.73 Å². The molecule has 74 valence electrons. The van der Waals surface area contributed by atoms with Crippen LogP contribution in [0.4, 0.5) is 0 Å². The molecule has 1 rings (SSSR count). The molecule has 1 heterocycles. The topological polar surface area (TPSA) is 84.2 Å². The second-order valence-electron chi connectivity index (χ2n) is 3.32. The van der Waals surface area contributed by atoms with Crippen LogP contribution in [0.2, 0.25) is 0 Å². The van der Waals surface area contributed by atoms with E-state index in [0.717, 1.165) is 13.0 Å². The maximum absolute atomic E-state index is 10.9. The molecule has 0 aromatic heterocycles. The third kappa shape index (κ3) is 2.69. The minimum atomic E-state index is -0.340. The van der Waals surface area contributed by atoms with Crippen LogP contribution >= 0.6 is 0 Å². The molecule has 0 bridgehead atoms. The standard InChI is InChI=1S/C8H15N3O2/c1-5(12)11-4-6-2-3-10-7(6)8(9)13/h6-7,10H,2-4H2,1H3,(H2,9,13)(H,11,12). The van der Waals surface area contributed by atoms with Crippen LogP contribution in [0.1, 0.15) is 13.3 Å². The molecule has 2 unspecified atom stereocenters. The quantitative estimate of drug-likeness (QED) is 0.505. The van der Waals surface area contributed by atoms with Crippen LogP contribution in [-0.2, 0) is 9.59 Å². The van der Waals surface area contributed by atoms with Crippen molar-refractivity contribution in [2.24, 2.45) is 11.7 Å². The van der Waals surface area contributed by atoms with Gasteiger partial charge in [-0.15, -0.1) is 0 Å². The first-order chi connectivity index (χ1) is 6.11. The second-order valence-corrected chi connectivity index (χ2v) is 3.32. The summed E-state index contributed by atoms with van der Waals surface area (Å²) in [4.78, 5) is 21.5. The van der Waals surface area contributed by atoms with Crippen LogP contribution in [0.5, 0.6) is 0 Å². The maximum atomic E-state index is 10.9. The molecule has 0 radical (unpaired) electrons. The van der Waals surface area contributed by atoms with Gasteiger partial charge in [-0.25, -0.2) is 0 Å². The van der Waals surface area contributed by atoms with Gasteiger partial charge in [-0.3, -0.25) is 9.59 Å². The molecule has 4 N–H and O–H groups in total. The van der Waals surface area contributed by atoms with Crippen LogP contribution in [0.25, 0.3) is 0 Å². The minimum absolute atomic E-state index is 0.0740. The summed E-state index contributed by atoms with van der Waals surface area (Å²) in [5, 5.41) is 5.69. The number of nitrogens with one attached hydrogen (secondary N) is 2. The molecule has 2 atom stereocenters. The number of amides is 2. The van der Waals surface area contributed by atoms with Crippen LogP contribution < -0.4 is 16.4 Å². The monoisotopic (exact) mass is 185 g/mol. The lowest BCUT2D eigenvalue weighted by Gasteiger charge is -2.15. The Kier molecular flexibility index (Phi) is 3.25. The van der Waals surface area contributed by atoms with Gasteiger partial charge < -0.3 is 16.4 Å². The maximum Gasteiger partial charge on any atom is 0.234 e. The zero-order valence-electron chi connectivity index (χ0n) is 7.67. The third-order valence-electron chi connectivity index (χ3n) is 2.27. The lowest BCUT2D eigenvalue weighted by molar-refractivity contribution is -0.122. The SMILES string of the molecule is CC(=O)NCC1CCNC1C(N)=O. The zero-order valence-corrected chi connectivity index (χ0v) is 7.67. The smallest absolute Gasteiger partial charge is 0.234 e. The summed E-state index contributed by atoms with van der Waals surface area (Å²) in [5.74, 6) is -0.274. The predicted molar refractivity (Wildman–Crippen MR) is 47.8 cm³/mol. The van der Waals surface area contributed by atoms with Gasteiger partial charge in [-0.05, 0) is 13.0 Å². The molecular weight excluding hydrogens is 170 g/mol. The van der Waals surface area contributed by atoms with Crippen LogP contribution in [0.3, 0.4) is 0 Å². The molecule has 5 heteroatoms. The summed E-state index contributed by atoms with van der Waals surface area (Å²) < 4.78 is 0. The van der Waals surface area contributed by atoms with Gasteiger partial charge in [0.2, 0.25) is 11.8 Å². The Balaban J connectivity index is 2.39. The summed E-state index contributed by atoms with van der Waals surface area (Å²) in [5.41, 5.74) is 5.18. The number of rotatable bonds is 3. The van der Waals surface area contributed by atoms with E-state index in [2.05, 4.69) is 10.6 Å². The van der Waals surface area contributed by atoms with E-state index in [1.807, 2.05) is 0 Å². The molecule has 0 spiro atoms. The van der Waals surface area contributed by atoms with Crippen molar-refractivity contribution < 1.29 is 9.59 Å². The van der Waals surface area contributed by atoms with E-state index in [-0.39, 0.29) is 23.8 Å².